The van der Waals surface area contributed by atoms with Crippen molar-refractivity contribution in [3.63, 3.8) is 0 Å². The number of hydrogen-bond donors (Lipinski definition) is 2. The van der Waals surface area contributed by atoms with E-state index in [0.717, 1.165) is 35.7 Å². The number of rotatable bonds is 4. The van der Waals surface area contributed by atoms with Gasteiger partial charge in [0.05, 0.1) is 4.90 Å². The zero-order chi connectivity index (χ0) is 14.1. The highest BCUT2D eigenvalue weighted by atomic mass is 79.9. The Morgan fingerprint density at radius 1 is 1.35 bits per heavy atom. The van der Waals surface area contributed by atoms with Crippen LogP contribution in [0.25, 0.3) is 0 Å². The van der Waals surface area contributed by atoms with Crippen LogP contribution in [-0.4, -0.2) is 20.5 Å². The van der Waals surface area contributed by atoms with Crippen molar-refractivity contribution in [2.24, 2.45) is 5.73 Å². The van der Waals surface area contributed by atoms with Crippen molar-refractivity contribution < 1.29 is 8.42 Å². The topological polar surface area (TPSA) is 72.2 Å². The summed E-state index contributed by atoms with van der Waals surface area (Å²) in [5, 5.41) is 0. The summed E-state index contributed by atoms with van der Waals surface area (Å²) in [4.78, 5) is 0.329. The van der Waals surface area contributed by atoms with Gasteiger partial charge in [-0.25, -0.2) is 13.1 Å². The second kappa shape index (κ2) is 6.75. The quantitative estimate of drug-likeness (QED) is 0.839. The summed E-state index contributed by atoms with van der Waals surface area (Å²) >= 11 is 3.34. The third-order valence-corrected chi connectivity index (χ3v) is 5.96. The lowest BCUT2D eigenvalue weighted by Crippen LogP contribution is -2.51. The monoisotopic (exact) mass is 382 g/mol. The number of nitrogens with two attached hydrogens (primary N) is 1. The van der Waals surface area contributed by atoms with Crippen molar-refractivity contribution in [3.05, 3.63) is 28.2 Å². The van der Waals surface area contributed by atoms with Crippen LogP contribution in [0.3, 0.4) is 0 Å². The fourth-order valence-corrected chi connectivity index (χ4v) is 4.83. The van der Waals surface area contributed by atoms with Crippen LogP contribution >= 0.6 is 28.3 Å². The van der Waals surface area contributed by atoms with Crippen LogP contribution in [-0.2, 0) is 10.0 Å². The van der Waals surface area contributed by atoms with Gasteiger partial charge in [0.2, 0.25) is 10.0 Å². The molecule has 3 N–H and O–H groups in total. The third-order valence-electron chi connectivity index (χ3n) is 3.73. The molecule has 7 heteroatoms. The first-order valence-electron chi connectivity index (χ1n) is 6.39. The highest BCUT2D eigenvalue weighted by Gasteiger charge is 2.37. The first-order valence-corrected chi connectivity index (χ1v) is 8.66. The largest absolute Gasteiger partial charge is 0.329 e. The van der Waals surface area contributed by atoms with Gasteiger partial charge < -0.3 is 5.73 Å². The maximum absolute atomic E-state index is 12.5. The molecule has 0 bridgehead atoms. The lowest BCUT2D eigenvalue weighted by molar-refractivity contribution is 0.399. The minimum Gasteiger partial charge on any atom is -0.329 e. The maximum Gasteiger partial charge on any atom is 0.241 e. The molecule has 0 heterocycles. The molecule has 0 aromatic heterocycles. The second-order valence-electron chi connectivity index (χ2n) is 5.21. The van der Waals surface area contributed by atoms with Crippen molar-refractivity contribution in [2.75, 3.05) is 6.54 Å². The van der Waals surface area contributed by atoms with E-state index in [2.05, 4.69) is 20.7 Å². The van der Waals surface area contributed by atoms with Gasteiger partial charge in [0.1, 0.15) is 0 Å². The normalized spacial score (nSPS) is 17.8. The van der Waals surface area contributed by atoms with Gasteiger partial charge in [0, 0.05) is 16.6 Å². The van der Waals surface area contributed by atoms with Gasteiger partial charge in [0.15, 0.2) is 0 Å². The third kappa shape index (κ3) is 3.74. The van der Waals surface area contributed by atoms with Crippen molar-refractivity contribution in [1.82, 2.24) is 4.72 Å². The average molecular weight is 384 g/mol. The average Bonchev–Trinajstić information content (AvgIpc) is 2.77. The minimum absolute atomic E-state index is 0. The molecule has 0 aliphatic heterocycles. The molecule has 1 fully saturated rings. The van der Waals surface area contributed by atoms with E-state index in [1.165, 1.54) is 0 Å². The molecule has 20 heavy (non-hydrogen) atoms. The fraction of sp³-hybridized carbons (Fsp3) is 0.538. The summed E-state index contributed by atoms with van der Waals surface area (Å²) < 4.78 is 28.7. The molecule has 4 nitrogen and oxygen atoms in total. The van der Waals surface area contributed by atoms with Gasteiger partial charge in [-0.3, -0.25) is 0 Å². The van der Waals surface area contributed by atoms with Crippen LogP contribution < -0.4 is 10.5 Å². The number of nitrogens with one attached hydrogen (secondary N) is 1. The molecule has 0 saturated heterocycles. The summed E-state index contributed by atoms with van der Waals surface area (Å²) in [7, 11) is -3.51. The Morgan fingerprint density at radius 3 is 2.45 bits per heavy atom. The Kier molecular flexibility index (Phi) is 6.04. The molecule has 0 spiro atoms. The molecule has 1 aliphatic carbocycles. The zero-order valence-electron chi connectivity index (χ0n) is 11.4. The predicted octanol–water partition coefficient (Wildman–Crippen LogP) is 2.73. The molecule has 1 aromatic rings. The lowest BCUT2D eigenvalue weighted by atomic mass is 10.0. The summed E-state index contributed by atoms with van der Waals surface area (Å²) in [5.74, 6) is 0. The number of aryl methyl sites for hydroxylation is 1. The van der Waals surface area contributed by atoms with Crippen molar-refractivity contribution in [2.45, 2.75) is 43.0 Å². The van der Waals surface area contributed by atoms with Gasteiger partial charge in [-0.2, -0.15) is 0 Å². The van der Waals surface area contributed by atoms with Gasteiger partial charge >= 0.3 is 0 Å². The molecule has 114 valence electrons. The molecule has 0 unspecified atom stereocenters. The van der Waals surface area contributed by atoms with Gasteiger partial charge in [-0.15, -0.1) is 12.4 Å². The lowest BCUT2D eigenvalue weighted by Gasteiger charge is -2.28. The van der Waals surface area contributed by atoms with Crippen molar-refractivity contribution in [1.29, 1.82) is 0 Å². The van der Waals surface area contributed by atoms with Crippen LogP contribution in [0, 0.1) is 6.92 Å². The smallest absolute Gasteiger partial charge is 0.241 e. The predicted molar refractivity (Wildman–Crippen MR) is 86.7 cm³/mol. The van der Waals surface area contributed by atoms with Crippen molar-refractivity contribution >= 4 is 38.4 Å². The Hall–Kier alpha value is -0.140. The SMILES string of the molecule is Cc1cc(Br)ccc1S(=O)(=O)NC1(CN)CCCC1.Cl. The Labute approximate surface area is 135 Å². The molecule has 0 amide bonds. The van der Waals surface area contributed by atoms with Crippen molar-refractivity contribution in [3.8, 4) is 0 Å². The zero-order valence-corrected chi connectivity index (χ0v) is 14.6. The standard InChI is InChI=1S/C13H19BrN2O2S.ClH/c1-10-8-11(14)4-5-12(10)19(17,18)16-13(9-15)6-2-3-7-13;/h4-5,8,16H,2-3,6-7,9,15H2,1H3;1H. The number of benzene rings is 1. The summed E-state index contributed by atoms with van der Waals surface area (Å²) in [6.07, 6.45) is 3.69. The molecule has 0 atom stereocenters. The summed E-state index contributed by atoms with van der Waals surface area (Å²) in [6, 6.07) is 5.17. The summed E-state index contributed by atoms with van der Waals surface area (Å²) in [6.45, 7) is 2.14. The van der Waals surface area contributed by atoms with E-state index >= 15 is 0 Å². The Balaban J connectivity index is 0.00000200. The van der Waals surface area contributed by atoms with E-state index in [4.69, 9.17) is 5.73 Å². The number of hydrogen-bond acceptors (Lipinski definition) is 3. The van der Waals surface area contributed by atoms with Crippen LogP contribution in [0.1, 0.15) is 31.2 Å². The first-order chi connectivity index (χ1) is 8.88. The van der Waals surface area contributed by atoms with Gasteiger partial charge in [-0.05, 0) is 43.5 Å². The molecule has 0 radical (unpaired) electrons. The van der Waals surface area contributed by atoms with Crippen LogP contribution in [0.2, 0.25) is 0 Å². The Morgan fingerprint density at radius 2 is 1.95 bits per heavy atom. The molecule has 1 aromatic carbocycles. The van der Waals surface area contributed by atoms with Gasteiger partial charge in [0.25, 0.3) is 0 Å². The van der Waals surface area contributed by atoms with E-state index in [1.54, 1.807) is 25.1 Å². The van der Waals surface area contributed by atoms with E-state index in [9.17, 15) is 8.42 Å². The van der Waals surface area contributed by atoms with E-state index in [0.29, 0.717) is 11.4 Å². The van der Waals surface area contributed by atoms with Crippen LogP contribution in [0.4, 0.5) is 0 Å². The maximum atomic E-state index is 12.5. The molecular weight excluding hydrogens is 364 g/mol. The fourth-order valence-electron chi connectivity index (χ4n) is 2.65. The number of halogens is 2. The first kappa shape index (κ1) is 17.9. The van der Waals surface area contributed by atoms with Crippen LogP contribution in [0.5, 0.6) is 0 Å². The molecule has 1 aliphatic rings. The second-order valence-corrected chi connectivity index (χ2v) is 7.77. The number of sulfonamides is 1. The van der Waals surface area contributed by atoms with E-state index in [1.807, 2.05) is 0 Å². The Bertz CT molecular complexity index is 572. The van der Waals surface area contributed by atoms with E-state index in [-0.39, 0.29) is 12.4 Å². The van der Waals surface area contributed by atoms with Gasteiger partial charge in [-0.1, -0.05) is 28.8 Å². The molecule has 2 rings (SSSR count). The van der Waals surface area contributed by atoms with Crippen LogP contribution in [0.15, 0.2) is 27.6 Å². The highest BCUT2D eigenvalue weighted by molar-refractivity contribution is 9.10. The molecular formula is C13H20BrClN2O2S. The molecule has 1 saturated carbocycles. The van der Waals surface area contributed by atoms with E-state index < -0.39 is 15.6 Å². The minimum atomic E-state index is -3.51. The summed E-state index contributed by atoms with van der Waals surface area (Å²) in [5.41, 5.74) is 6.05. The highest BCUT2D eigenvalue weighted by Crippen LogP contribution is 2.31.